The van der Waals surface area contributed by atoms with E-state index in [0.717, 1.165) is 5.56 Å². The van der Waals surface area contributed by atoms with Crippen molar-refractivity contribution in [2.45, 2.75) is 6.92 Å². The molecule has 3 rings (SSSR count). The van der Waals surface area contributed by atoms with Crippen LogP contribution in [0.25, 0.3) is 11.3 Å². The van der Waals surface area contributed by atoms with Gasteiger partial charge >= 0.3 is 0 Å². The Labute approximate surface area is 155 Å². The average molecular weight is 363 g/mol. The SMILES string of the molecule is CC(=O)Nc1cccc(C(=O)NNC(=O)c2cc(-c3ccccc3)n[nH]2)c1. The van der Waals surface area contributed by atoms with Crippen LogP contribution in [0.2, 0.25) is 0 Å². The summed E-state index contributed by atoms with van der Waals surface area (Å²) >= 11 is 0. The van der Waals surface area contributed by atoms with Crippen LogP contribution in [-0.4, -0.2) is 27.9 Å². The van der Waals surface area contributed by atoms with E-state index in [0.29, 0.717) is 11.4 Å². The first-order valence-corrected chi connectivity index (χ1v) is 8.12. The number of rotatable bonds is 4. The van der Waals surface area contributed by atoms with Gasteiger partial charge in [0.15, 0.2) is 0 Å². The quantitative estimate of drug-likeness (QED) is 0.531. The van der Waals surface area contributed by atoms with Gasteiger partial charge in [-0.25, -0.2) is 0 Å². The molecule has 3 amide bonds. The summed E-state index contributed by atoms with van der Waals surface area (Å²) < 4.78 is 0. The molecule has 0 saturated heterocycles. The Morgan fingerprint density at radius 1 is 0.889 bits per heavy atom. The second-order valence-electron chi connectivity index (χ2n) is 5.70. The van der Waals surface area contributed by atoms with E-state index in [1.807, 2.05) is 30.3 Å². The highest BCUT2D eigenvalue weighted by Crippen LogP contribution is 2.16. The summed E-state index contributed by atoms with van der Waals surface area (Å²) in [5.41, 5.74) is 7.13. The normalized spacial score (nSPS) is 10.1. The molecule has 1 heterocycles. The Bertz CT molecular complexity index is 982. The van der Waals surface area contributed by atoms with Crippen molar-refractivity contribution in [1.82, 2.24) is 21.0 Å². The number of H-pyrrole nitrogens is 1. The minimum Gasteiger partial charge on any atom is -0.326 e. The van der Waals surface area contributed by atoms with Crippen molar-refractivity contribution < 1.29 is 14.4 Å². The monoisotopic (exact) mass is 363 g/mol. The van der Waals surface area contributed by atoms with Gasteiger partial charge in [-0.3, -0.25) is 30.3 Å². The van der Waals surface area contributed by atoms with Crippen LogP contribution in [0.5, 0.6) is 0 Å². The van der Waals surface area contributed by atoms with Crippen LogP contribution in [0, 0.1) is 0 Å². The fourth-order valence-corrected chi connectivity index (χ4v) is 2.39. The third-order valence-corrected chi connectivity index (χ3v) is 3.63. The molecule has 27 heavy (non-hydrogen) atoms. The number of hydrazine groups is 1. The van der Waals surface area contributed by atoms with Crippen molar-refractivity contribution in [1.29, 1.82) is 0 Å². The molecular formula is C19H17N5O3. The van der Waals surface area contributed by atoms with Crippen molar-refractivity contribution in [3.63, 3.8) is 0 Å². The number of aromatic nitrogens is 2. The molecule has 0 atom stereocenters. The van der Waals surface area contributed by atoms with Crippen molar-refractivity contribution in [2.75, 3.05) is 5.32 Å². The second kappa shape index (κ2) is 7.96. The summed E-state index contributed by atoms with van der Waals surface area (Å²) in [5.74, 6) is -1.29. The van der Waals surface area contributed by atoms with Gasteiger partial charge in [-0.1, -0.05) is 36.4 Å². The molecule has 1 aromatic heterocycles. The summed E-state index contributed by atoms with van der Waals surface area (Å²) in [4.78, 5) is 35.5. The van der Waals surface area contributed by atoms with Gasteiger partial charge in [0.05, 0.1) is 5.69 Å². The first kappa shape index (κ1) is 17.9. The highest BCUT2D eigenvalue weighted by atomic mass is 16.2. The number of amides is 3. The van der Waals surface area contributed by atoms with Crippen LogP contribution >= 0.6 is 0 Å². The fraction of sp³-hybridized carbons (Fsp3) is 0.0526. The summed E-state index contributed by atoms with van der Waals surface area (Å²) in [6.45, 7) is 1.38. The molecule has 4 N–H and O–H groups in total. The van der Waals surface area contributed by atoms with Gasteiger partial charge in [-0.05, 0) is 24.3 Å². The summed E-state index contributed by atoms with van der Waals surface area (Å²) in [7, 11) is 0. The van der Waals surface area contributed by atoms with Gasteiger partial charge in [0.25, 0.3) is 11.8 Å². The third kappa shape index (κ3) is 4.57. The largest absolute Gasteiger partial charge is 0.326 e. The van der Waals surface area contributed by atoms with Gasteiger partial charge in [0, 0.05) is 23.7 Å². The van der Waals surface area contributed by atoms with Crippen molar-refractivity contribution >= 4 is 23.4 Å². The first-order valence-electron chi connectivity index (χ1n) is 8.12. The number of hydrogen-bond donors (Lipinski definition) is 4. The molecule has 0 fully saturated rings. The molecule has 0 aliphatic carbocycles. The minimum absolute atomic E-state index is 0.209. The number of benzene rings is 2. The van der Waals surface area contributed by atoms with E-state index in [9.17, 15) is 14.4 Å². The Kier molecular flexibility index (Phi) is 5.27. The standard InChI is InChI=1S/C19H17N5O3/c1-12(25)20-15-9-5-8-14(10-15)18(26)23-24-19(27)17-11-16(21-22-17)13-6-3-2-4-7-13/h2-11H,1H3,(H,20,25)(H,21,22)(H,23,26)(H,24,27). The lowest BCUT2D eigenvalue weighted by Crippen LogP contribution is -2.41. The van der Waals surface area contributed by atoms with Gasteiger partial charge in [0.1, 0.15) is 5.69 Å². The van der Waals surface area contributed by atoms with Crippen LogP contribution in [0.15, 0.2) is 60.7 Å². The number of aromatic amines is 1. The molecule has 136 valence electrons. The molecule has 0 spiro atoms. The van der Waals surface area contributed by atoms with Gasteiger partial charge in [-0.2, -0.15) is 5.10 Å². The van der Waals surface area contributed by atoms with Crippen LogP contribution in [0.1, 0.15) is 27.8 Å². The predicted molar refractivity (Wildman–Crippen MR) is 99.7 cm³/mol. The summed E-state index contributed by atoms with van der Waals surface area (Å²) in [6, 6.07) is 17.3. The molecule has 0 saturated carbocycles. The third-order valence-electron chi connectivity index (χ3n) is 3.63. The lowest BCUT2D eigenvalue weighted by atomic mass is 10.1. The Morgan fingerprint density at radius 2 is 1.63 bits per heavy atom. The molecule has 3 aromatic rings. The van der Waals surface area contributed by atoms with Crippen molar-refractivity contribution in [3.05, 3.63) is 71.9 Å². The molecule has 0 aliphatic rings. The molecular weight excluding hydrogens is 346 g/mol. The molecule has 8 heteroatoms. The number of carbonyl (C=O) groups excluding carboxylic acids is 3. The zero-order valence-corrected chi connectivity index (χ0v) is 14.4. The topological polar surface area (TPSA) is 116 Å². The lowest BCUT2D eigenvalue weighted by molar-refractivity contribution is -0.114. The number of anilines is 1. The number of hydrogen-bond acceptors (Lipinski definition) is 4. The highest BCUT2D eigenvalue weighted by Gasteiger charge is 2.13. The number of nitrogens with one attached hydrogen (secondary N) is 4. The van der Waals surface area contributed by atoms with E-state index >= 15 is 0 Å². The van der Waals surface area contributed by atoms with E-state index in [1.165, 1.54) is 13.0 Å². The lowest BCUT2D eigenvalue weighted by Gasteiger charge is -2.08. The average Bonchev–Trinajstić information content (AvgIpc) is 3.16. The van der Waals surface area contributed by atoms with Crippen LogP contribution in [0.4, 0.5) is 5.69 Å². The van der Waals surface area contributed by atoms with E-state index in [-0.39, 0.29) is 17.2 Å². The zero-order valence-electron chi connectivity index (χ0n) is 14.4. The van der Waals surface area contributed by atoms with Gasteiger partial charge in [0.2, 0.25) is 5.91 Å². The number of carbonyl (C=O) groups is 3. The maximum Gasteiger partial charge on any atom is 0.287 e. The Hall–Kier alpha value is -3.94. The predicted octanol–water partition coefficient (Wildman–Crippen LogP) is 2.11. The summed E-state index contributed by atoms with van der Waals surface area (Å²) in [5, 5.41) is 9.32. The first-order chi connectivity index (χ1) is 13.0. The van der Waals surface area contributed by atoms with E-state index < -0.39 is 11.8 Å². The van der Waals surface area contributed by atoms with Crippen molar-refractivity contribution in [2.24, 2.45) is 0 Å². The Morgan fingerprint density at radius 3 is 2.37 bits per heavy atom. The smallest absolute Gasteiger partial charge is 0.287 e. The number of nitrogens with zero attached hydrogens (tertiary/aromatic N) is 1. The van der Waals surface area contributed by atoms with E-state index in [4.69, 9.17) is 0 Å². The molecule has 0 bridgehead atoms. The van der Waals surface area contributed by atoms with Crippen molar-refractivity contribution in [3.8, 4) is 11.3 Å². The maximum atomic E-state index is 12.2. The molecule has 2 aromatic carbocycles. The van der Waals surface area contributed by atoms with Crippen LogP contribution in [0.3, 0.4) is 0 Å². The summed E-state index contributed by atoms with van der Waals surface area (Å²) in [6.07, 6.45) is 0. The highest BCUT2D eigenvalue weighted by molar-refractivity contribution is 5.99. The molecule has 0 unspecified atom stereocenters. The van der Waals surface area contributed by atoms with Gasteiger partial charge < -0.3 is 5.32 Å². The van der Waals surface area contributed by atoms with Crippen LogP contribution in [-0.2, 0) is 4.79 Å². The molecule has 0 aliphatic heterocycles. The van der Waals surface area contributed by atoms with Crippen LogP contribution < -0.4 is 16.2 Å². The second-order valence-corrected chi connectivity index (χ2v) is 5.70. The van der Waals surface area contributed by atoms with E-state index in [1.54, 1.807) is 24.3 Å². The fourth-order valence-electron chi connectivity index (χ4n) is 2.39. The zero-order chi connectivity index (χ0) is 19.2. The maximum absolute atomic E-state index is 12.2. The minimum atomic E-state index is -0.531. The molecule has 8 nitrogen and oxygen atoms in total. The Balaban J connectivity index is 1.61. The van der Waals surface area contributed by atoms with Gasteiger partial charge in [-0.15, -0.1) is 0 Å². The molecule has 0 radical (unpaired) electrons. The van der Waals surface area contributed by atoms with E-state index in [2.05, 4.69) is 26.4 Å².